The summed E-state index contributed by atoms with van der Waals surface area (Å²) in [5, 5.41) is 0. The van der Waals surface area contributed by atoms with E-state index in [0.29, 0.717) is 26.2 Å². The second-order valence-corrected chi connectivity index (χ2v) is 4.31. The smallest absolute Gasteiger partial charge is 0.329 e. The Labute approximate surface area is 124 Å². The first kappa shape index (κ1) is 17.2. The Hall–Kier alpha value is -1.82. The molecule has 1 heterocycles. The summed E-state index contributed by atoms with van der Waals surface area (Å²) >= 11 is 0. The van der Waals surface area contributed by atoms with Crippen molar-refractivity contribution >= 4 is 5.97 Å². The second kappa shape index (κ2) is 9.18. The molecule has 0 aliphatic heterocycles. The van der Waals surface area contributed by atoms with Gasteiger partial charge < -0.3 is 14.2 Å². The average Bonchev–Trinajstić information content (AvgIpc) is 2.48. The van der Waals surface area contributed by atoms with E-state index in [0.717, 1.165) is 0 Å². The summed E-state index contributed by atoms with van der Waals surface area (Å²) in [6.07, 6.45) is 2.03. The topological polar surface area (TPSA) is 66.8 Å². The molecule has 0 radical (unpaired) electrons. The van der Waals surface area contributed by atoms with Crippen molar-refractivity contribution in [2.24, 2.45) is 0 Å². The highest BCUT2D eigenvalue weighted by atomic mass is 16.6. The van der Waals surface area contributed by atoms with E-state index in [4.69, 9.17) is 14.2 Å². The Morgan fingerprint density at radius 2 is 2.00 bits per heavy atom. The lowest BCUT2D eigenvalue weighted by atomic mass is 10.2. The van der Waals surface area contributed by atoms with Gasteiger partial charge in [-0.25, -0.2) is 4.79 Å². The van der Waals surface area contributed by atoms with E-state index in [2.05, 4.69) is 0 Å². The summed E-state index contributed by atoms with van der Waals surface area (Å²) in [5.74, 6) is -0.200. The summed E-state index contributed by atoms with van der Waals surface area (Å²) in [7, 11) is 0. The predicted octanol–water partition coefficient (Wildman–Crippen LogP) is 1.78. The van der Waals surface area contributed by atoms with Crippen LogP contribution in [0, 0.1) is 0 Å². The average molecular weight is 297 g/mol. The number of aromatic nitrogens is 1. The maximum absolute atomic E-state index is 12.2. The number of nitrogens with zero attached hydrogens (tertiary/aromatic N) is 1. The van der Waals surface area contributed by atoms with Crippen LogP contribution in [-0.2, 0) is 14.3 Å². The molecule has 0 aliphatic rings. The van der Waals surface area contributed by atoms with Crippen molar-refractivity contribution in [1.29, 1.82) is 0 Å². The number of hydrogen-bond donors (Lipinski definition) is 0. The third-order valence-electron chi connectivity index (χ3n) is 2.91. The standard InChI is InChI=1S/C15H23NO5/c1-4-12(15(18)21-11-10-19-5-2)16-9-7-8-13(14(16)17)20-6-3/h7-9,12H,4-6,10-11H2,1-3H3. The minimum atomic E-state index is -0.653. The molecule has 0 aliphatic carbocycles. The van der Waals surface area contributed by atoms with Gasteiger partial charge in [0.05, 0.1) is 13.2 Å². The molecular formula is C15H23NO5. The van der Waals surface area contributed by atoms with Gasteiger partial charge in [-0.2, -0.15) is 0 Å². The zero-order chi connectivity index (χ0) is 15.7. The normalized spacial score (nSPS) is 12.0. The van der Waals surface area contributed by atoms with Crippen LogP contribution in [0.4, 0.5) is 0 Å². The molecule has 1 unspecified atom stereocenters. The predicted molar refractivity (Wildman–Crippen MR) is 78.7 cm³/mol. The first-order chi connectivity index (χ1) is 10.2. The molecule has 0 spiro atoms. The Balaban J connectivity index is 2.82. The highest BCUT2D eigenvalue weighted by Crippen LogP contribution is 2.13. The van der Waals surface area contributed by atoms with Gasteiger partial charge in [0, 0.05) is 12.8 Å². The lowest BCUT2D eigenvalue weighted by Crippen LogP contribution is -2.31. The van der Waals surface area contributed by atoms with E-state index < -0.39 is 12.0 Å². The molecule has 118 valence electrons. The fraction of sp³-hybridized carbons (Fsp3) is 0.600. The van der Waals surface area contributed by atoms with E-state index in [1.165, 1.54) is 4.57 Å². The Kier molecular flexibility index (Phi) is 7.53. The first-order valence-electron chi connectivity index (χ1n) is 7.23. The molecule has 6 heteroatoms. The molecular weight excluding hydrogens is 274 g/mol. The SMILES string of the molecule is CCOCCOC(=O)C(CC)n1cccc(OCC)c1=O. The van der Waals surface area contributed by atoms with Crippen molar-refractivity contribution < 1.29 is 19.0 Å². The Bertz CT molecular complexity index is 497. The number of ether oxygens (including phenoxy) is 3. The number of hydrogen-bond acceptors (Lipinski definition) is 5. The molecule has 0 saturated carbocycles. The largest absolute Gasteiger partial charge is 0.488 e. The van der Waals surface area contributed by atoms with Gasteiger partial charge in [-0.3, -0.25) is 9.36 Å². The highest BCUT2D eigenvalue weighted by molar-refractivity contribution is 5.74. The van der Waals surface area contributed by atoms with Crippen LogP contribution in [-0.4, -0.2) is 37.0 Å². The minimum Gasteiger partial charge on any atom is -0.488 e. The van der Waals surface area contributed by atoms with E-state index in [-0.39, 0.29) is 17.9 Å². The molecule has 1 rings (SSSR count). The second-order valence-electron chi connectivity index (χ2n) is 4.31. The van der Waals surface area contributed by atoms with Crippen molar-refractivity contribution in [3.8, 4) is 5.75 Å². The van der Waals surface area contributed by atoms with Gasteiger partial charge in [-0.1, -0.05) is 6.92 Å². The van der Waals surface area contributed by atoms with E-state index in [1.807, 2.05) is 13.8 Å². The van der Waals surface area contributed by atoms with Crippen LogP contribution in [0.3, 0.4) is 0 Å². The van der Waals surface area contributed by atoms with Crippen LogP contribution in [0.1, 0.15) is 33.2 Å². The molecule has 0 saturated heterocycles. The third kappa shape index (κ3) is 4.90. The number of esters is 1. The maximum atomic E-state index is 12.2. The van der Waals surface area contributed by atoms with Crippen LogP contribution in [0.15, 0.2) is 23.1 Å². The fourth-order valence-corrected chi connectivity index (χ4v) is 1.92. The number of carbonyl (C=O) groups excluding carboxylic acids is 1. The van der Waals surface area contributed by atoms with Crippen molar-refractivity contribution in [3.63, 3.8) is 0 Å². The van der Waals surface area contributed by atoms with Crippen molar-refractivity contribution in [1.82, 2.24) is 4.57 Å². The summed E-state index contributed by atoms with van der Waals surface area (Å²) in [4.78, 5) is 24.3. The zero-order valence-corrected chi connectivity index (χ0v) is 12.8. The molecule has 0 bridgehead atoms. The quantitative estimate of drug-likeness (QED) is 0.513. The summed E-state index contributed by atoms with van der Waals surface area (Å²) in [6.45, 7) is 7.01. The van der Waals surface area contributed by atoms with Crippen molar-refractivity contribution in [2.45, 2.75) is 33.2 Å². The number of pyridine rings is 1. The fourth-order valence-electron chi connectivity index (χ4n) is 1.92. The zero-order valence-electron chi connectivity index (χ0n) is 12.8. The van der Waals surface area contributed by atoms with Crippen molar-refractivity contribution in [3.05, 3.63) is 28.7 Å². The summed E-state index contributed by atoms with van der Waals surface area (Å²) in [6, 6.07) is 2.62. The van der Waals surface area contributed by atoms with Crippen molar-refractivity contribution in [2.75, 3.05) is 26.4 Å². The number of carbonyl (C=O) groups is 1. The lowest BCUT2D eigenvalue weighted by molar-refractivity contribution is -0.149. The summed E-state index contributed by atoms with van der Waals surface area (Å²) < 4.78 is 16.9. The molecule has 6 nitrogen and oxygen atoms in total. The molecule has 1 aromatic rings. The van der Waals surface area contributed by atoms with E-state index >= 15 is 0 Å². The number of rotatable bonds is 9. The van der Waals surface area contributed by atoms with Gasteiger partial charge in [0.25, 0.3) is 5.56 Å². The van der Waals surface area contributed by atoms with Gasteiger partial charge in [-0.05, 0) is 32.4 Å². The summed E-state index contributed by atoms with van der Waals surface area (Å²) in [5.41, 5.74) is -0.326. The molecule has 0 amide bonds. The van der Waals surface area contributed by atoms with Crippen LogP contribution in [0.25, 0.3) is 0 Å². The highest BCUT2D eigenvalue weighted by Gasteiger charge is 2.22. The molecule has 1 atom stereocenters. The molecule has 1 aromatic heterocycles. The minimum absolute atomic E-state index is 0.184. The van der Waals surface area contributed by atoms with Crippen LogP contribution >= 0.6 is 0 Å². The van der Waals surface area contributed by atoms with Crippen LogP contribution in [0.2, 0.25) is 0 Å². The molecule has 0 aromatic carbocycles. The third-order valence-corrected chi connectivity index (χ3v) is 2.91. The molecule has 0 fully saturated rings. The van der Waals surface area contributed by atoms with Crippen LogP contribution < -0.4 is 10.3 Å². The van der Waals surface area contributed by atoms with Gasteiger partial charge in [0.2, 0.25) is 0 Å². The lowest BCUT2D eigenvalue weighted by Gasteiger charge is -2.17. The Morgan fingerprint density at radius 1 is 1.24 bits per heavy atom. The van der Waals surface area contributed by atoms with Crippen LogP contribution in [0.5, 0.6) is 5.75 Å². The van der Waals surface area contributed by atoms with E-state index in [1.54, 1.807) is 25.3 Å². The molecule has 0 N–H and O–H groups in total. The monoisotopic (exact) mass is 297 g/mol. The van der Waals surface area contributed by atoms with E-state index in [9.17, 15) is 9.59 Å². The van der Waals surface area contributed by atoms with Gasteiger partial charge >= 0.3 is 5.97 Å². The maximum Gasteiger partial charge on any atom is 0.329 e. The Morgan fingerprint density at radius 3 is 2.62 bits per heavy atom. The first-order valence-corrected chi connectivity index (χ1v) is 7.23. The van der Waals surface area contributed by atoms with Gasteiger partial charge in [-0.15, -0.1) is 0 Å². The van der Waals surface area contributed by atoms with Gasteiger partial charge in [0.1, 0.15) is 12.6 Å². The molecule has 21 heavy (non-hydrogen) atoms. The van der Waals surface area contributed by atoms with Gasteiger partial charge in [0.15, 0.2) is 5.75 Å².